The summed E-state index contributed by atoms with van der Waals surface area (Å²) in [6.07, 6.45) is 2.34. The van der Waals surface area contributed by atoms with Gasteiger partial charge in [0, 0.05) is 18.1 Å². The largest absolute Gasteiger partial charge is 0.398 e. The van der Waals surface area contributed by atoms with Gasteiger partial charge in [0.15, 0.2) is 5.82 Å². The fraction of sp³-hybridized carbons (Fsp3) is 0.500. The first-order chi connectivity index (χ1) is 10.2. The average Bonchev–Trinajstić information content (AvgIpc) is 3.11. The van der Waals surface area contributed by atoms with Crippen LogP contribution in [0.25, 0.3) is 11.4 Å². The third-order valence-electron chi connectivity index (χ3n) is 3.95. The molecule has 2 N–H and O–H groups in total. The predicted octanol–water partition coefficient (Wildman–Crippen LogP) is 2.39. The van der Waals surface area contributed by atoms with E-state index in [2.05, 4.69) is 22.4 Å². The number of ether oxygens (including phenoxy) is 1. The van der Waals surface area contributed by atoms with Crippen molar-refractivity contribution in [3.63, 3.8) is 0 Å². The molecule has 1 fully saturated rings. The molecule has 0 radical (unpaired) electrons. The van der Waals surface area contributed by atoms with Gasteiger partial charge in [0.25, 0.3) is 0 Å². The van der Waals surface area contributed by atoms with E-state index in [0.717, 1.165) is 31.6 Å². The second-order valence-electron chi connectivity index (χ2n) is 5.29. The Kier molecular flexibility index (Phi) is 4.07. The molecule has 1 saturated heterocycles. The maximum Gasteiger partial charge on any atom is 0.182 e. The lowest BCUT2D eigenvalue weighted by Gasteiger charge is -2.17. The first-order valence-electron chi connectivity index (χ1n) is 7.12. The molecular weight excluding hydrogens is 290 g/mol. The molecule has 1 aromatic heterocycles. The summed E-state index contributed by atoms with van der Waals surface area (Å²) >= 11 is 6.08. The molecule has 1 aliphatic heterocycles. The summed E-state index contributed by atoms with van der Waals surface area (Å²) in [5.41, 5.74) is 7.16. The van der Waals surface area contributed by atoms with Gasteiger partial charge >= 0.3 is 0 Å². The number of benzene rings is 1. The number of hydrogen-bond acceptors (Lipinski definition) is 5. The Labute approximate surface area is 128 Å². The van der Waals surface area contributed by atoms with Gasteiger partial charge in [0.05, 0.1) is 23.4 Å². The Hall–Kier alpha value is -1.66. The van der Waals surface area contributed by atoms with Gasteiger partial charge in [-0.3, -0.25) is 0 Å². The standard InChI is InChI=1S/C14H18ClN5O/c1-2-13-10(5-6-21-13)8-20-14(17-18-19-20)9-3-4-12(16)11(15)7-9/h3-4,7,10,13H,2,5-6,8,16H2,1H3. The SMILES string of the molecule is CCC1OCCC1Cn1nnnc1-c1ccc(N)c(Cl)c1. The summed E-state index contributed by atoms with van der Waals surface area (Å²) in [6, 6.07) is 5.44. The van der Waals surface area contributed by atoms with Crippen LogP contribution < -0.4 is 5.73 Å². The van der Waals surface area contributed by atoms with Gasteiger partial charge in [0.1, 0.15) is 0 Å². The van der Waals surface area contributed by atoms with E-state index in [9.17, 15) is 0 Å². The van der Waals surface area contributed by atoms with Gasteiger partial charge in [-0.1, -0.05) is 18.5 Å². The van der Waals surface area contributed by atoms with Gasteiger partial charge in [-0.05, 0) is 41.5 Å². The Balaban J connectivity index is 1.85. The number of aromatic nitrogens is 4. The van der Waals surface area contributed by atoms with Crippen molar-refractivity contribution in [2.75, 3.05) is 12.3 Å². The van der Waals surface area contributed by atoms with Crippen LogP contribution in [0.2, 0.25) is 5.02 Å². The molecule has 2 atom stereocenters. The van der Waals surface area contributed by atoms with E-state index < -0.39 is 0 Å². The van der Waals surface area contributed by atoms with E-state index in [4.69, 9.17) is 22.1 Å². The first kappa shape index (κ1) is 14.3. The molecule has 0 amide bonds. The molecule has 0 spiro atoms. The molecule has 2 aromatic rings. The highest BCUT2D eigenvalue weighted by molar-refractivity contribution is 6.33. The van der Waals surface area contributed by atoms with Crippen molar-refractivity contribution in [1.29, 1.82) is 0 Å². The molecule has 1 aliphatic rings. The van der Waals surface area contributed by atoms with E-state index in [1.165, 1.54) is 0 Å². The maximum atomic E-state index is 6.08. The highest BCUT2D eigenvalue weighted by atomic mass is 35.5. The van der Waals surface area contributed by atoms with Gasteiger partial charge in [-0.15, -0.1) is 5.10 Å². The van der Waals surface area contributed by atoms with E-state index in [1.54, 1.807) is 12.1 Å². The van der Waals surface area contributed by atoms with Crippen molar-refractivity contribution in [1.82, 2.24) is 20.2 Å². The monoisotopic (exact) mass is 307 g/mol. The first-order valence-corrected chi connectivity index (χ1v) is 7.50. The lowest BCUT2D eigenvalue weighted by Crippen LogP contribution is -2.21. The summed E-state index contributed by atoms with van der Waals surface area (Å²) in [4.78, 5) is 0. The molecular formula is C14H18ClN5O. The summed E-state index contributed by atoms with van der Waals surface area (Å²) in [5.74, 6) is 1.15. The van der Waals surface area contributed by atoms with Crippen molar-refractivity contribution in [2.24, 2.45) is 5.92 Å². The average molecular weight is 308 g/mol. The molecule has 7 heteroatoms. The smallest absolute Gasteiger partial charge is 0.182 e. The van der Waals surface area contributed by atoms with Crippen LogP contribution in [0.3, 0.4) is 0 Å². The summed E-state index contributed by atoms with van der Waals surface area (Å²) in [7, 11) is 0. The molecule has 0 aliphatic carbocycles. The van der Waals surface area contributed by atoms with Crippen LogP contribution in [-0.4, -0.2) is 32.9 Å². The number of hydrogen-bond donors (Lipinski definition) is 1. The third-order valence-corrected chi connectivity index (χ3v) is 4.27. The molecule has 0 saturated carbocycles. The van der Waals surface area contributed by atoms with Gasteiger partial charge < -0.3 is 10.5 Å². The van der Waals surface area contributed by atoms with E-state index >= 15 is 0 Å². The number of anilines is 1. The lowest BCUT2D eigenvalue weighted by molar-refractivity contribution is 0.0825. The van der Waals surface area contributed by atoms with Gasteiger partial charge in [-0.2, -0.15) is 0 Å². The van der Waals surface area contributed by atoms with E-state index in [0.29, 0.717) is 22.5 Å². The molecule has 2 heterocycles. The van der Waals surface area contributed by atoms with E-state index in [-0.39, 0.29) is 6.10 Å². The fourth-order valence-corrected chi connectivity index (χ4v) is 2.96. The number of nitrogens with zero attached hydrogens (tertiary/aromatic N) is 4. The molecule has 21 heavy (non-hydrogen) atoms. The number of halogens is 1. The summed E-state index contributed by atoms with van der Waals surface area (Å²) in [5, 5.41) is 12.5. The summed E-state index contributed by atoms with van der Waals surface area (Å²) < 4.78 is 7.55. The van der Waals surface area contributed by atoms with Crippen LogP contribution in [0.15, 0.2) is 18.2 Å². The molecule has 6 nitrogen and oxygen atoms in total. The van der Waals surface area contributed by atoms with Crippen LogP contribution in [0.1, 0.15) is 19.8 Å². The minimum absolute atomic E-state index is 0.289. The van der Waals surface area contributed by atoms with Crippen LogP contribution in [-0.2, 0) is 11.3 Å². The van der Waals surface area contributed by atoms with Crippen LogP contribution >= 0.6 is 11.6 Å². The minimum atomic E-state index is 0.289. The van der Waals surface area contributed by atoms with Crippen molar-refractivity contribution >= 4 is 17.3 Å². The zero-order chi connectivity index (χ0) is 14.8. The molecule has 112 valence electrons. The van der Waals surface area contributed by atoms with Gasteiger partial charge in [0.2, 0.25) is 0 Å². The van der Waals surface area contributed by atoms with Crippen molar-refractivity contribution in [3.8, 4) is 11.4 Å². The van der Waals surface area contributed by atoms with Crippen LogP contribution in [0.5, 0.6) is 0 Å². The van der Waals surface area contributed by atoms with Crippen molar-refractivity contribution in [3.05, 3.63) is 23.2 Å². The molecule has 2 unspecified atom stereocenters. The number of rotatable bonds is 4. The quantitative estimate of drug-likeness (QED) is 0.877. The lowest BCUT2D eigenvalue weighted by atomic mass is 9.99. The zero-order valence-electron chi connectivity index (χ0n) is 11.9. The third kappa shape index (κ3) is 2.87. The van der Waals surface area contributed by atoms with Crippen LogP contribution in [0.4, 0.5) is 5.69 Å². The normalized spacial score (nSPS) is 21.8. The van der Waals surface area contributed by atoms with Gasteiger partial charge in [-0.25, -0.2) is 4.68 Å². The highest BCUT2D eigenvalue weighted by Crippen LogP contribution is 2.28. The second kappa shape index (κ2) is 5.99. The summed E-state index contributed by atoms with van der Waals surface area (Å²) in [6.45, 7) is 3.71. The molecule has 1 aromatic carbocycles. The second-order valence-corrected chi connectivity index (χ2v) is 5.69. The minimum Gasteiger partial charge on any atom is -0.398 e. The van der Waals surface area contributed by atoms with Crippen molar-refractivity contribution < 1.29 is 4.74 Å². The predicted molar refractivity (Wildman–Crippen MR) is 80.8 cm³/mol. The topological polar surface area (TPSA) is 78.8 Å². The Morgan fingerprint density at radius 2 is 2.33 bits per heavy atom. The highest BCUT2D eigenvalue weighted by Gasteiger charge is 2.28. The number of nitrogen functional groups attached to an aromatic ring is 1. The fourth-order valence-electron chi connectivity index (χ4n) is 2.78. The Bertz CT molecular complexity index is 630. The van der Waals surface area contributed by atoms with Crippen LogP contribution in [0, 0.1) is 5.92 Å². The number of nitrogens with two attached hydrogens (primary N) is 1. The van der Waals surface area contributed by atoms with E-state index in [1.807, 2.05) is 10.7 Å². The zero-order valence-corrected chi connectivity index (χ0v) is 12.6. The molecule has 0 bridgehead atoms. The Morgan fingerprint density at radius 3 is 3.10 bits per heavy atom. The molecule has 3 rings (SSSR count). The van der Waals surface area contributed by atoms with Crippen molar-refractivity contribution in [2.45, 2.75) is 32.4 Å². The Morgan fingerprint density at radius 1 is 1.48 bits per heavy atom. The maximum absolute atomic E-state index is 6.08. The number of tetrazole rings is 1.